The van der Waals surface area contributed by atoms with Gasteiger partial charge >= 0.3 is 0 Å². The minimum atomic E-state index is -0.0782. The largest absolute Gasteiger partial charge is 0.377 e. The van der Waals surface area contributed by atoms with Gasteiger partial charge in [-0.25, -0.2) is 0 Å². The normalized spacial score (nSPS) is 22.1. The van der Waals surface area contributed by atoms with Crippen molar-refractivity contribution in [2.75, 3.05) is 6.61 Å². The number of carbonyl (C=O) groups is 1. The smallest absolute Gasteiger partial charge is 0.223 e. The van der Waals surface area contributed by atoms with Gasteiger partial charge in [0.1, 0.15) is 6.33 Å². The molecular weight excluding hydrogens is 354 g/mol. The number of aromatic nitrogens is 3. The number of hydrogen-bond acceptors (Lipinski definition) is 5. The first-order valence-electron chi connectivity index (χ1n) is 10.2. The third kappa shape index (κ3) is 5.62. The summed E-state index contributed by atoms with van der Waals surface area (Å²) in [6.07, 6.45) is 6.00. The topological polar surface area (TPSA) is 95.1 Å². The van der Waals surface area contributed by atoms with E-state index in [1.807, 2.05) is 22.8 Å². The quantitative estimate of drug-likeness (QED) is 0.689. The number of benzene rings is 1. The fourth-order valence-corrected chi connectivity index (χ4v) is 3.70. The van der Waals surface area contributed by atoms with Crippen molar-refractivity contribution >= 4 is 5.91 Å². The van der Waals surface area contributed by atoms with E-state index in [1.54, 1.807) is 6.33 Å². The maximum absolute atomic E-state index is 12.6. The van der Waals surface area contributed by atoms with Gasteiger partial charge in [0.15, 0.2) is 5.82 Å². The van der Waals surface area contributed by atoms with Crippen LogP contribution in [0.1, 0.15) is 44.0 Å². The third-order valence-corrected chi connectivity index (χ3v) is 5.34. The van der Waals surface area contributed by atoms with Crippen LogP contribution in [0.5, 0.6) is 0 Å². The van der Waals surface area contributed by atoms with Crippen molar-refractivity contribution < 1.29 is 9.53 Å². The summed E-state index contributed by atoms with van der Waals surface area (Å²) in [7, 11) is 0. The van der Waals surface area contributed by atoms with Crippen LogP contribution in [0.3, 0.4) is 0 Å². The molecular formula is C21H31N5O2. The number of aryl methyl sites for hydroxylation is 2. The van der Waals surface area contributed by atoms with E-state index in [4.69, 9.17) is 10.5 Å². The van der Waals surface area contributed by atoms with Crippen molar-refractivity contribution in [1.29, 1.82) is 0 Å². The van der Waals surface area contributed by atoms with E-state index < -0.39 is 0 Å². The highest BCUT2D eigenvalue weighted by Crippen LogP contribution is 2.26. The predicted molar refractivity (Wildman–Crippen MR) is 107 cm³/mol. The van der Waals surface area contributed by atoms with Crippen LogP contribution < -0.4 is 11.1 Å². The lowest BCUT2D eigenvalue weighted by molar-refractivity contribution is -0.127. The fourth-order valence-electron chi connectivity index (χ4n) is 3.70. The summed E-state index contributed by atoms with van der Waals surface area (Å²) >= 11 is 0. The van der Waals surface area contributed by atoms with Crippen molar-refractivity contribution in [2.24, 2.45) is 11.7 Å². The van der Waals surface area contributed by atoms with E-state index >= 15 is 0 Å². The molecule has 0 aliphatic heterocycles. The number of rotatable bonds is 9. The molecule has 152 valence electrons. The molecule has 3 atom stereocenters. The molecule has 3 rings (SSSR count). The van der Waals surface area contributed by atoms with Crippen LogP contribution in [0.2, 0.25) is 0 Å². The standard InChI is InChI=1S/C21H31N5O2/c1-2-12-28-19-9-8-17(13-18(19)22)21(27)23-14-20-25-24-15-26(20)11-10-16-6-4-3-5-7-16/h3-7,15,17-19H,2,8-14,22H2,1H3,(H,23,27)/t17-,18+,19+/m0/s1. The van der Waals surface area contributed by atoms with Crippen molar-refractivity contribution in [1.82, 2.24) is 20.1 Å². The molecule has 0 unspecified atom stereocenters. The van der Waals surface area contributed by atoms with Crippen LogP contribution in [-0.2, 0) is 29.0 Å². The molecule has 1 aliphatic carbocycles. The van der Waals surface area contributed by atoms with Crippen LogP contribution in [-0.4, -0.2) is 39.4 Å². The Balaban J connectivity index is 1.46. The van der Waals surface area contributed by atoms with Crippen LogP contribution in [0, 0.1) is 5.92 Å². The third-order valence-electron chi connectivity index (χ3n) is 5.34. The fraction of sp³-hybridized carbons (Fsp3) is 0.571. The second-order valence-electron chi connectivity index (χ2n) is 7.48. The summed E-state index contributed by atoms with van der Waals surface area (Å²) in [5, 5.41) is 11.2. The highest BCUT2D eigenvalue weighted by molar-refractivity contribution is 5.78. The average Bonchev–Trinajstić information content (AvgIpc) is 3.17. The molecule has 7 heteroatoms. The highest BCUT2D eigenvalue weighted by Gasteiger charge is 2.32. The zero-order chi connectivity index (χ0) is 19.8. The number of hydrogen-bond donors (Lipinski definition) is 2. The van der Waals surface area contributed by atoms with Crippen molar-refractivity contribution in [3.05, 3.63) is 48.0 Å². The van der Waals surface area contributed by atoms with Gasteiger partial charge in [0.25, 0.3) is 0 Å². The molecule has 0 saturated heterocycles. The summed E-state index contributed by atoms with van der Waals surface area (Å²) in [5.41, 5.74) is 7.49. The zero-order valence-electron chi connectivity index (χ0n) is 16.6. The van der Waals surface area contributed by atoms with Gasteiger partial charge in [-0.15, -0.1) is 10.2 Å². The van der Waals surface area contributed by atoms with Gasteiger partial charge in [-0.3, -0.25) is 4.79 Å². The monoisotopic (exact) mass is 385 g/mol. The average molecular weight is 386 g/mol. The van der Waals surface area contributed by atoms with E-state index in [0.29, 0.717) is 13.0 Å². The summed E-state index contributed by atoms with van der Waals surface area (Å²) < 4.78 is 7.79. The molecule has 28 heavy (non-hydrogen) atoms. The number of nitrogens with two attached hydrogens (primary N) is 1. The van der Waals surface area contributed by atoms with Crippen molar-refractivity contribution in [2.45, 2.75) is 64.3 Å². The van der Waals surface area contributed by atoms with Gasteiger partial charge in [0, 0.05) is 25.1 Å². The lowest BCUT2D eigenvalue weighted by Gasteiger charge is -2.33. The predicted octanol–water partition coefficient (Wildman–Crippen LogP) is 2.06. The number of nitrogens with zero attached hydrogens (tertiary/aromatic N) is 3. The van der Waals surface area contributed by atoms with Crippen LogP contribution >= 0.6 is 0 Å². The molecule has 1 saturated carbocycles. The Morgan fingerprint density at radius 2 is 2.14 bits per heavy atom. The maximum atomic E-state index is 12.6. The molecule has 1 fully saturated rings. The molecule has 7 nitrogen and oxygen atoms in total. The molecule has 3 N–H and O–H groups in total. The molecule has 1 amide bonds. The van der Waals surface area contributed by atoms with E-state index in [9.17, 15) is 4.79 Å². The second kappa shape index (κ2) is 10.3. The minimum Gasteiger partial charge on any atom is -0.377 e. The number of nitrogens with one attached hydrogen (secondary N) is 1. The van der Waals surface area contributed by atoms with Crippen LogP contribution in [0.15, 0.2) is 36.7 Å². The Morgan fingerprint density at radius 3 is 2.89 bits per heavy atom. The van der Waals surface area contributed by atoms with Crippen molar-refractivity contribution in [3.8, 4) is 0 Å². The SMILES string of the molecule is CCCO[C@@H]1CC[C@H](C(=O)NCc2nncn2CCc2ccccc2)C[C@H]1N. The summed E-state index contributed by atoms with van der Waals surface area (Å²) in [6.45, 7) is 3.99. The van der Waals surface area contributed by atoms with Crippen LogP contribution in [0.4, 0.5) is 0 Å². The van der Waals surface area contributed by atoms with Gasteiger partial charge in [0.2, 0.25) is 5.91 Å². The molecule has 1 heterocycles. The molecule has 0 bridgehead atoms. The molecule has 0 radical (unpaired) electrons. The molecule has 0 spiro atoms. The minimum absolute atomic E-state index is 0.0435. The highest BCUT2D eigenvalue weighted by atomic mass is 16.5. The van der Waals surface area contributed by atoms with E-state index in [2.05, 4.69) is 34.6 Å². The van der Waals surface area contributed by atoms with Gasteiger partial charge in [-0.05, 0) is 37.7 Å². The Hall–Kier alpha value is -2.25. The Labute approximate surface area is 166 Å². The molecule has 1 aliphatic rings. The van der Waals surface area contributed by atoms with Gasteiger partial charge in [0.05, 0.1) is 12.6 Å². The summed E-state index contributed by atoms with van der Waals surface area (Å²) in [5.74, 6) is 0.757. The Kier molecular flexibility index (Phi) is 7.56. The second-order valence-corrected chi connectivity index (χ2v) is 7.48. The van der Waals surface area contributed by atoms with E-state index in [1.165, 1.54) is 5.56 Å². The number of amides is 1. The summed E-state index contributed by atoms with van der Waals surface area (Å²) in [6, 6.07) is 10.2. The molecule has 1 aromatic carbocycles. The first-order chi connectivity index (χ1) is 13.7. The first-order valence-corrected chi connectivity index (χ1v) is 10.2. The number of carbonyl (C=O) groups excluding carboxylic acids is 1. The number of ether oxygens (including phenoxy) is 1. The van der Waals surface area contributed by atoms with Gasteiger partial charge in [-0.1, -0.05) is 37.3 Å². The lowest BCUT2D eigenvalue weighted by atomic mass is 9.83. The Bertz CT molecular complexity index is 733. The molecule has 2 aromatic rings. The van der Waals surface area contributed by atoms with E-state index in [0.717, 1.165) is 44.7 Å². The van der Waals surface area contributed by atoms with Gasteiger partial charge in [-0.2, -0.15) is 0 Å². The molecule has 1 aromatic heterocycles. The summed E-state index contributed by atoms with van der Waals surface area (Å²) in [4.78, 5) is 12.6. The maximum Gasteiger partial charge on any atom is 0.223 e. The van der Waals surface area contributed by atoms with Crippen LogP contribution in [0.25, 0.3) is 0 Å². The Morgan fingerprint density at radius 1 is 1.32 bits per heavy atom. The first kappa shape index (κ1) is 20.5. The van der Waals surface area contributed by atoms with Gasteiger partial charge < -0.3 is 20.4 Å². The van der Waals surface area contributed by atoms with Crippen molar-refractivity contribution in [3.63, 3.8) is 0 Å². The lowest BCUT2D eigenvalue weighted by Crippen LogP contribution is -2.46. The zero-order valence-corrected chi connectivity index (χ0v) is 16.6. The van der Waals surface area contributed by atoms with E-state index in [-0.39, 0.29) is 24.0 Å².